The molecule has 0 saturated heterocycles. The number of hydrogen-bond donors (Lipinski definition) is 3. The Morgan fingerprint density at radius 1 is 1.03 bits per heavy atom. The van der Waals surface area contributed by atoms with Crippen molar-refractivity contribution >= 4 is 23.7 Å². The second kappa shape index (κ2) is 8.99. The number of carbonyl (C=O) groups is 3. The fourth-order valence-corrected chi connectivity index (χ4v) is 4.13. The molecule has 10 nitrogen and oxygen atoms in total. The Morgan fingerprint density at radius 2 is 1.67 bits per heavy atom. The maximum Gasteiger partial charge on any atom is 0.261 e. The van der Waals surface area contributed by atoms with E-state index in [2.05, 4.69) is 20.5 Å². The summed E-state index contributed by atoms with van der Waals surface area (Å²) in [5.74, 6) is -0.703. The van der Waals surface area contributed by atoms with E-state index in [9.17, 15) is 19.5 Å². The quantitative estimate of drug-likeness (QED) is 0.357. The van der Waals surface area contributed by atoms with Crippen molar-refractivity contribution in [3.8, 4) is 22.9 Å². The Labute approximate surface area is 205 Å². The van der Waals surface area contributed by atoms with Gasteiger partial charge in [0.25, 0.3) is 17.7 Å². The van der Waals surface area contributed by atoms with E-state index in [1.54, 1.807) is 49.4 Å². The number of aromatic nitrogens is 3. The summed E-state index contributed by atoms with van der Waals surface area (Å²) >= 11 is 0. The van der Waals surface area contributed by atoms with Crippen LogP contribution in [0.3, 0.4) is 0 Å². The maximum absolute atomic E-state index is 13.0. The number of H-pyrrole nitrogens is 1. The number of carbonyl (C=O) groups excluding carboxylic acids is 3. The lowest BCUT2D eigenvalue weighted by atomic mass is 10.0. The number of ether oxygens (including phenoxy) is 1. The molecule has 36 heavy (non-hydrogen) atoms. The summed E-state index contributed by atoms with van der Waals surface area (Å²) in [6, 6.07) is 16.9. The van der Waals surface area contributed by atoms with E-state index < -0.39 is 17.7 Å². The first-order valence-corrected chi connectivity index (χ1v) is 11.0. The lowest BCUT2D eigenvalue weighted by Gasteiger charge is -2.16. The van der Waals surface area contributed by atoms with Gasteiger partial charge in [-0.2, -0.15) is 4.98 Å². The number of rotatable bonds is 6. The first kappa shape index (κ1) is 22.8. The van der Waals surface area contributed by atoms with Gasteiger partial charge in [0.2, 0.25) is 5.95 Å². The molecule has 0 fully saturated rings. The van der Waals surface area contributed by atoms with Crippen molar-refractivity contribution in [2.45, 2.75) is 13.5 Å². The molecule has 2 heterocycles. The molecule has 3 N–H and O–H groups in total. The third-order valence-electron chi connectivity index (χ3n) is 5.90. The Bertz CT molecular complexity index is 1490. The number of nitrogens with one attached hydrogen (secondary N) is 2. The Morgan fingerprint density at radius 3 is 2.33 bits per heavy atom. The lowest BCUT2D eigenvalue weighted by Crippen LogP contribution is -2.29. The maximum atomic E-state index is 13.0. The molecule has 0 atom stereocenters. The minimum absolute atomic E-state index is 0.00344. The van der Waals surface area contributed by atoms with Gasteiger partial charge in [-0.15, -0.1) is 5.10 Å². The summed E-state index contributed by atoms with van der Waals surface area (Å²) in [5.41, 5.74) is 2.23. The summed E-state index contributed by atoms with van der Waals surface area (Å²) in [6.07, 6.45) is 0. The highest BCUT2D eigenvalue weighted by molar-refractivity contribution is 6.21. The van der Waals surface area contributed by atoms with Crippen LogP contribution in [-0.4, -0.2) is 50.0 Å². The number of hydrogen-bond acceptors (Lipinski definition) is 7. The zero-order chi connectivity index (χ0) is 25.4. The van der Waals surface area contributed by atoms with E-state index in [1.807, 2.05) is 12.1 Å². The van der Waals surface area contributed by atoms with Crippen LogP contribution in [0.1, 0.15) is 42.2 Å². The zero-order valence-corrected chi connectivity index (χ0v) is 19.4. The number of para-hydroxylation sites is 1. The molecule has 0 saturated carbocycles. The molecule has 0 aliphatic carbocycles. The monoisotopic (exact) mass is 483 g/mol. The van der Waals surface area contributed by atoms with Crippen molar-refractivity contribution in [3.05, 3.63) is 88.5 Å². The van der Waals surface area contributed by atoms with E-state index in [4.69, 9.17) is 4.74 Å². The summed E-state index contributed by atoms with van der Waals surface area (Å²) in [5, 5.41) is 19.9. The predicted octanol–water partition coefficient (Wildman–Crippen LogP) is 3.54. The summed E-state index contributed by atoms with van der Waals surface area (Å²) < 4.78 is 5.33. The molecule has 5 rings (SSSR count). The van der Waals surface area contributed by atoms with Crippen LogP contribution >= 0.6 is 0 Å². The van der Waals surface area contributed by atoms with Crippen molar-refractivity contribution in [1.82, 2.24) is 20.1 Å². The summed E-state index contributed by atoms with van der Waals surface area (Å²) in [4.78, 5) is 43.9. The molecule has 1 aliphatic rings. The number of aromatic amines is 1. The van der Waals surface area contributed by atoms with Gasteiger partial charge in [-0.25, -0.2) is 0 Å². The fourth-order valence-electron chi connectivity index (χ4n) is 4.13. The highest BCUT2D eigenvalue weighted by atomic mass is 16.5. The summed E-state index contributed by atoms with van der Waals surface area (Å²) in [6.45, 7) is 1.58. The largest absolute Gasteiger partial charge is 0.507 e. The van der Waals surface area contributed by atoms with Crippen molar-refractivity contribution in [3.63, 3.8) is 0 Å². The van der Waals surface area contributed by atoms with E-state index in [-0.39, 0.29) is 23.8 Å². The predicted molar refractivity (Wildman–Crippen MR) is 130 cm³/mol. The van der Waals surface area contributed by atoms with Gasteiger partial charge in [0.1, 0.15) is 11.5 Å². The average Bonchev–Trinajstić information content (AvgIpc) is 3.44. The molecule has 10 heteroatoms. The van der Waals surface area contributed by atoms with E-state index in [0.29, 0.717) is 39.4 Å². The molecule has 4 aromatic rings. The number of fused-ring (bicyclic) bond motifs is 1. The lowest BCUT2D eigenvalue weighted by molar-refractivity contribution is 0.0642. The SMILES string of the molecule is COc1ccccc1-c1nc(NC(=O)c2cc(CN3C(=O)c4ccccc4C3=O)cc(C)c2O)n[nH]1. The second-order valence-corrected chi connectivity index (χ2v) is 8.21. The van der Waals surface area contributed by atoms with Crippen LogP contribution in [0.2, 0.25) is 0 Å². The minimum Gasteiger partial charge on any atom is -0.507 e. The van der Waals surface area contributed by atoms with Gasteiger partial charge in [-0.3, -0.25) is 29.7 Å². The van der Waals surface area contributed by atoms with Gasteiger partial charge in [0, 0.05) is 0 Å². The topological polar surface area (TPSA) is 138 Å². The molecule has 0 radical (unpaired) electrons. The number of methoxy groups -OCH3 is 1. The van der Waals surface area contributed by atoms with Crippen molar-refractivity contribution in [2.24, 2.45) is 0 Å². The number of benzene rings is 3. The van der Waals surface area contributed by atoms with Gasteiger partial charge in [-0.1, -0.05) is 30.3 Å². The van der Waals surface area contributed by atoms with E-state index in [0.717, 1.165) is 4.90 Å². The number of nitrogens with zero attached hydrogens (tertiary/aromatic N) is 3. The first-order chi connectivity index (χ1) is 17.4. The number of amides is 3. The van der Waals surface area contributed by atoms with Gasteiger partial charge < -0.3 is 9.84 Å². The average molecular weight is 483 g/mol. The normalized spacial score (nSPS) is 12.6. The van der Waals surface area contributed by atoms with Gasteiger partial charge in [-0.05, 0) is 48.4 Å². The molecule has 1 aliphatic heterocycles. The molecule has 3 aromatic carbocycles. The zero-order valence-electron chi connectivity index (χ0n) is 19.4. The fraction of sp³-hybridized carbons (Fsp3) is 0.115. The van der Waals surface area contributed by atoms with Crippen molar-refractivity contribution in [2.75, 3.05) is 12.4 Å². The van der Waals surface area contributed by atoms with Crippen LogP contribution in [0.5, 0.6) is 11.5 Å². The number of anilines is 1. The van der Waals surface area contributed by atoms with E-state index in [1.165, 1.54) is 13.2 Å². The Hall–Kier alpha value is -4.99. The highest BCUT2D eigenvalue weighted by Gasteiger charge is 2.35. The van der Waals surface area contributed by atoms with Crippen molar-refractivity contribution < 1.29 is 24.2 Å². The molecule has 180 valence electrons. The van der Waals surface area contributed by atoms with Crippen LogP contribution in [0.15, 0.2) is 60.7 Å². The third kappa shape index (κ3) is 3.94. The minimum atomic E-state index is -0.648. The van der Waals surface area contributed by atoms with Crippen molar-refractivity contribution in [1.29, 1.82) is 0 Å². The highest BCUT2D eigenvalue weighted by Crippen LogP contribution is 2.30. The standard InChI is InChI=1S/C26H21N5O5/c1-14-11-15(13-31-24(34)16-7-3-4-8-17(16)25(31)35)12-19(21(14)32)23(33)28-26-27-22(29-30-26)18-9-5-6-10-20(18)36-2/h3-12,32H,13H2,1-2H3,(H2,27,28,29,30,33). The number of phenols is 1. The van der Waals surface area contributed by atoms with Crippen LogP contribution in [0.25, 0.3) is 11.4 Å². The van der Waals surface area contributed by atoms with Crippen LogP contribution in [0, 0.1) is 6.92 Å². The van der Waals surface area contributed by atoms with Crippen LogP contribution in [-0.2, 0) is 6.54 Å². The third-order valence-corrected chi connectivity index (χ3v) is 5.90. The van der Waals surface area contributed by atoms with Crippen LogP contribution in [0.4, 0.5) is 5.95 Å². The Kier molecular flexibility index (Phi) is 5.69. The number of phenolic OH excluding ortho intramolecular Hbond substituents is 1. The Balaban J connectivity index is 1.38. The van der Waals surface area contributed by atoms with Gasteiger partial charge in [0.15, 0.2) is 5.82 Å². The first-order valence-electron chi connectivity index (χ1n) is 11.0. The molecule has 0 spiro atoms. The second-order valence-electron chi connectivity index (χ2n) is 8.21. The van der Waals surface area contributed by atoms with E-state index >= 15 is 0 Å². The van der Waals surface area contributed by atoms with Crippen LogP contribution < -0.4 is 10.1 Å². The molecular weight excluding hydrogens is 462 g/mol. The molecule has 1 aromatic heterocycles. The van der Waals surface area contributed by atoms with Gasteiger partial charge >= 0.3 is 0 Å². The molecule has 0 bridgehead atoms. The van der Waals surface area contributed by atoms with Gasteiger partial charge in [0.05, 0.1) is 35.9 Å². The summed E-state index contributed by atoms with van der Waals surface area (Å²) in [7, 11) is 1.54. The molecule has 0 unspecified atom stereocenters. The smallest absolute Gasteiger partial charge is 0.261 e. The number of aryl methyl sites for hydroxylation is 1. The number of imide groups is 1. The molecular formula is C26H21N5O5. The number of aromatic hydroxyl groups is 1. The molecule has 3 amide bonds.